The first-order valence-electron chi connectivity index (χ1n) is 9.50. The van der Waals surface area contributed by atoms with Crippen LogP contribution in [0.15, 0.2) is 77.9 Å². The zero-order valence-electron chi connectivity index (χ0n) is 16.9. The molecule has 0 atom stereocenters. The van der Waals surface area contributed by atoms with E-state index in [1.54, 1.807) is 6.07 Å². The Labute approximate surface area is 175 Å². The van der Waals surface area contributed by atoms with E-state index in [1.807, 2.05) is 80.6 Å². The quantitative estimate of drug-likeness (QED) is 0.373. The Morgan fingerprint density at radius 2 is 1.60 bits per heavy atom. The van der Waals surface area contributed by atoms with Crippen molar-refractivity contribution in [3.8, 4) is 5.75 Å². The van der Waals surface area contributed by atoms with Crippen LogP contribution in [-0.2, 0) is 16.2 Å². The number of rotatable bonds is 6. The molecule has 3 rings (SSSR count). The van der Waals surface area contributed by atoms with Crippen LogP contribution in [0.1, 0.15) is 22.3 Å². The highest BCUT2D eigenvalue weighted by atomic mass is 16.5. The molecule has 3 aromatic rings. The van der Waals surface area contributed by atoms with E-state index in [1.165, 1.54) is 6.21 Å². The van der Waals surface area contributed by atoms with Crippen LogP contribution in [0.4, 0.5) is 5.69 Å². The van der Waals surface area contributed by atoms with E-state index in [0.29, 0.717) is 18.0 Å². The van der Waals surface area contributed by atoms with Gasteiger partial charge in [0, 0.05) is 5.69 Å². The summed E-state index contributed by atoms with van der Waals surface area (Å²) in [6.07, 6.45) is 1.46. The third-order valence-corrected chi connectivity index (χ3v) is 4.41. The lowest BCUT2D eigenvalue weighted by molar-refractivity contribution is -0.136. The Morgan fingerprint density at radius 1 is 0.900 bits per heavy atom. The maximum atomic E-state index is 12.1. The molecule has 0 radical (unpaired) electrons. The topological polar surface area (TPSA) is 79.8 Å². The second kappa shape index (κ2) is 10.0. The van der Waals surface area contributed by atoms with E-state index in [4.69, 9.17) is 4.74 Å². The number of aryl methyl sites for hydroxylation is 2. The summed E-state index contributed by atoms with van der Waals surface area (Å²) < 4.78 is 5.77. The highest BCUT2D eigenvalue weighted by Crippen LogP contribution is 2.19. The van der Waals surface area contributed by atoms with Crippen molar-refractivity contribution in [2.45, 2.75) is 20.5 Å². The molecule has 152 valence electrons. The molecule has 6 heteroatoms. The van der Waals surface area contributed by atoms with Gasteiger partial charge in [-0.2, -0.15) is 5.10 Å². The molecule has 0 aliphatic heterocycles. The summed E-state index contributed by atoms with van der Waals surface area (Å²) in [5.74, 6) is -0.934. The molecular formula is C24H23N3O3. The maximum absolute atomic E-state index is 12.1. The van der Waals surface area contributed by atoms with E-state index in [9.17, 15) is 9.59 Å². The number of para-hydroxylation sites is 1. The van der Waals surface area contributed by atoms with Gasteiger partial charge in [-0.1, -0.05) is 60.7 Å². The zero-order chi connectivity index (χ0) is 21.3. The van der Waals surface area contributed by atoms with Crippen molar-refractivity contribution >= 4 is 23.7 Å². The standard InChI is InChI=1S/C24H23N3O3/c1-17-8-6-9-18(2)22(17)26-23(28)24(29)27-25-15-20-12-7-13-21(14-20)30-16-19-10-4-3-5-11-19/h3-15H,16H2,1-2H3,(H,26,28)(H,27,29)/b25-15+. The molecule has 2 amide bonds. The summed E-state index contributed by atoms with van der Waals surface area (Å²) in [5.41, 5.74) is 6.44. The smallest absolute Gasteiger partial charge is 0.329 e. The third kappa shape index (κ3) is 5.78. The number of nitrogens with one attached hydrogen (secondary N) is 2. The van der Waals surface area contributed by atoms with E-state index >= 15 is 0 Å². The number of benzene rings is 3. The predicted octanol–water partition coefficient (Wildman–Crippen LogP) is 3.97. The second-order valence-electron chi connectivity index (χ2n) is 6.77. The monoisotopic (exact) mass is 401 g/mol. The average Bonchev–Trinajstić information content (AvgIpc) is 2.76. The van der Waals surface area contributed by atoms with Crippen LogP contribution in [0, 0.1) is 13.8 Å². The average molecular weight is 401 g/mol. The first-order chi connectivity index (χ1) is 14.5. The molecule has 30 heavy (non-hydrogen) atoms. The van der Waals surface area contributed by atoms with Gasteiger partial charge >= 0.3 is 11.8 Å². The number of anilines is 1. The van der Waals surface area contributed by atoms with Gasteiger partial charge in [0.15, 0.2) is 0 Å². The number of carbonyl (C=O) groups excluding carboxylic acids is 2. The molecule has 0 unspecified atom stereocenters. The first-order valence-corrected chi connectivity index (χ1v) is 9.50. The van der Waals surface area contributed by atoms with E-state index in [0.717, 1.165) is 22.3 Å². The molecule has 0 fully saturated rings. The lowest BCUT2D eigenvalue weighted by Gasteiger charge is -2.10. The number of ether oxygens (including phenoxy) is 1. The molecule has 0 spiro atoms. The van der Waals surface area contributed by atoms with Crippen LogP contribution >= 0.6 is 0 Å². The van der Waals surface area contributed by atoms with Crippen LogP contribution in [0.25, 0.3) is 0 Å². The molecule has 0 aromatic heterocycles. The van der Waals surface area contributed by atoms with Crippen LogP contribution < -0.4 is 15.5 Å². The van der Waals surface area contributed by atoms with Gasteiger partial charge in [0.2, 0.25) is 0 Å². The van der Waals surface area contributed by atoms with E-state index in [2.05, 4.69) is 15.8 Å². The van der Waals surface area contributed by atoms with Crippen molar-refractivity contribution in [1.29, 1.82) is 0 Å². The van der Waals surface area contributed by atoms with Crippen molar-refractivity contribution in [2.24, 2.45) is 5.10 Å². The Hall–Kier alpha value is -3.93. The third-order valence-electron chi connectivity index (χ3n) is 4.41. The van der Waals surface area contributed by atoms with Gasteiger partial charge in [-0.25, -0.2) is 5.43 Å². The van der Waals surface area contributed by atoms with Crippen molar-refractivity contribution < 1.29 is 14.3 Å². The van der Waals surface area contributed by atoms with Gasteiger partial charge in [-0.3, -0.25) is 9.59 Å². The Morgan fingerprint density at radius 3 is 2.33 bits per heavy atom. The Kier molecular flexibility index (Phi) is 6.95. The zero-order valence-corrected chi connectivity index (χ0v) is 16.9. The second-order valence-corrected chi connectivity index (χ2v) is 6.77. The van der Waals surface area contributed by atoms with Gasteiger partial charge in [0.25, 0.3) is 0 Å². The van der Waals surface area contributed by atoms with Gasteiger partial charge in [-0.15, -0.1) is 0 Å². The van der Waals surface area contributed by atoms with Crippen LogP contribution in [0.5, 0.6) is 5.75 Å². The van der Waals surface area contributed by atoms with E-state index < -0.39 is 11.8 Å². The molecule has 0 aliphatic rings. The fourth-order valence-corrected chi connectivity index (χ4v) is 2.82. The number of hydrogen-bond donors (Lipinski definition) is 2. The van der Waals surface area contributed by atoms with Gasteiger partial charge < -0.3 is 10.1 Å². The van der Waals surface area contributed by atoms with Gasteiger partial charge in [-0.05, 0) is 48.2 Å². The number of carbonyl (C=O) groups is 2. The summed E-state index contributed by atoms with van der Waals surface area (Å²) in [6, 6.07) is 22.8. The lowest BCUT2D eigenvalue weighted by Crippen LogP contribution is -2.32. The summed E-state index contributed by atoms with van der Waals surface area (Å²) in [5, 5.41) is 6.49. The lowest BCUT2D eigenvalue weighted by atomic mass is 10.1. The molecule has 0 aliphatic carbocycles. The SMILES string of the molecule is Cc1cccc(C)c1NC(=O)C(=O)N/N=C/c1cccc(OCc2ccccc2)c1. The summed E-state index contributed by atoms with van der Waals surface area (Å²) in [6.45, 7) is 4.19. The fourth-order valence-electron chi connectivity index (χ4n) is 2.82. The first kappa shape index (κ1) is 20.8. The van der Waals surface area contributed by atoms with Crippen molar-refractivity contribution in [1.82, 2.24) is 5.43 Å². The molecule has 2 N–H and O–H groups in total. The minimum atomic E-state index is -0.842. The van der Waals surface area contributed by atoms with Crippen molar-refractivity contribution in [2.75, 3.05) is 5.32 Å². The Balaban J connectivity index is 1.54. The normalized spacial score (nSPS) is 10.6. The van der Waals surface area contributed by atoms with Crippen LogP contribution in [0.3, 0.4) is 0 Å². The van der Waals surface area contributed by atoms with E-state index in [-0.39, 0.29) is 0 Å². The molecule has 0 saturated heterocycles. The maximum Gasteiger partial charge on any atom is 0.329 e. The number of nitrogens with zero attached hydrogens (tertiary/aromatic N) is 1. The largest absolute Gasteiger partial charge is 0.489 e. The van der Waals surface area contributed by atoms with Crippen LogP contribution in [0.2, 0.25) is 0 Å². The number of amides is 2. The minimum absolute atomic E-state index is 0.455. The molecule has 6 nitrogen and oxygen atoms in total. The fraction of sp³-hybridized carbons (Fsp3) is 0.125. The molecule has 0 bridgehead atoms. The number of hydrazone groups is 1. The number of hydrogen-bond acceptors (Lipinski definition) is 4. The molecule has 0 heterocycles. The molecule has 3 aromatic carbocycles. The summed E-state index contributed by atoms with van der Waals surface area (Å²) >= 11 is 0. The van der Waals surface area contributed by atoms with Crippen molar-refractivity contribution in [3.63, 3.8) is 0 Å². The summed E-state index contributed by atoms with van der Waals surface area (Å²) in [4.78, 5) is 24.1. The van der Waals surface area contributed by atoms with Crippen LogP contribution in [-0.4, -0.2) is 18.0 Å². The Bertz CT molecular complexity index is 1040. The van der Waals surface area contributed by atoms with Gasteiger partial charge in [0.05, 0.1) is 6.21 Å². The van der Waals surface area contributed by atoms with Gasteiger partial charge in [0.1, 0.15) is 12.4 Å². The summed E-state index contributed by atoms with van der Waals surface area (Å²) in [7, 11) is 0. The highest BCUT2D eigenvalue weighted by molar-refractivity contribution is 6.39. The predicted molar refractivity (Wildman–Crippen MR) is 117 cm³/mol. The highest BCUT2D eigenvalue weighted by Gasteiger charge is 2.15. The molecular weight excluding hydrogens is 378 g/mol. The molecule has 0 saturated carbocycles. The minimum Gasteiger partial charge on any atom is -0.489 e. The van der Waals surface area contributed by atoms with Crippen molar-refractivity contribution in [3.05, 3.63) is 95.1 Å².